The summed E-state index contributed by atoms with van der Waals surface area (Å²) in [5.41, 5.74) is -1.19. The normalized spacial score (nSPS) is 10.9. The molecule has 7 nitrogen and oxygen atoms in total. The van der Waals surface area contributed by atoms with Crippen molar-refractivity contribution in [2.75, 3.05) is 0 Å². The van der Waals surface area contributed by atoms with Crippen LogP contribution < -0.4 is 11.1 Å². The zero-order valence-electron chi connectivity index (χ0n) is 19.2. The quantitative estimate of drug-likeness (QED) is 0.325. The summed E-state index contributed by atoms with van der Waals surface area (Å²) in [6.45, 7) is 3.66. The Bertz CT molecular complexity index is 1750. The summed E-state index contributed by atoms with van der Waals surface area (Å²) in [6, 6.07) is 9.63. The summed E-state index contributed by atoms with van der Waals surface area (Å²) in [6.07, 6.45) is 1.39. The van der Waals surface area contributed by atoms with Gasteiger partial charge in [-0.15, -0.1) is 0 Å². The van der Waals surface area contributed by atoms with E-state index >= 15 is 0 Å². The van der Waals surface area contributed by atoms with Crippen molar-refractivity contribution in [2.24, 2.45) is 0 Å². The van der Waals surface area contributed by atoms with E-state index in [9.17, 15) is 32.7 Å². The second kappa shape index (κ2) is 9.57. The Kier molecular flexibility index (Phi) is 6.52. The first-order valence-electron chi connectivity index (χ1n) is 11.0. The molecule has 0 spiro atoms. The van der Waals surface area contributed by atoms with E-state index in [0.29, 0.717) is 5.39 Å². The molecular formula is C26H20F3N3O4. The van der Waals surface area contributed by atoms with E-state index in [4.69, 9.17) is 0 Å². The number of nitrogens with one attached hydrogen (secondary N) is 2. The predicted molar refractivity (Wildman–Crippen MR) is 130 cm³/mol. The number of halogens is 3. The van der Waals surface area contributed by atoms with E-state index in [0.717, 1.165) is 24.3 Å². The zero-order chi connectivity index (χ0) is 26.1. The van der Waals surface area contributed by atoms with Crippen molar-refractivity contribution in [3.05, 3.63) is 104 Å². The fourth-order valence-electron chi connectivity index (χ4n) is 4.13. The molecule has 0 unspecified atom stereocenters. The molecule has 0 radical (unpaired) electrons. The van der Waals surface area contributed by atoms with Crippen LogP contribution in [-0.4, -0.2) is 25.6 Å². The minimum Gasteiger partial charge on any atom is -0.477 e. The highest BCUT2D eigenvalue weighted by atomic mass is 19.2. The Hall–Kier alpha value is -4.60. The third kappa shape index (κ3) is 4.17. The van der Waals surface area contributed by atoms with Gasteiger partial charge in [0.2, 0.25) is 0 Å². The number of hydrogen-bond donors (Lipinski definition) is 3. The number of fused-ring (bicyclic) bond motifs is 2. The van der Waals surface area contributed by atoms with E-state index in [1.165, 1.54) is 35.0 Å². The topological polar surface area (TPSA) is 108 Å². The lowest BCUT2D eigenvalue weighted by molar-refractivity contribution is 0.0687. The minimum atomic E-state index is -1.40. The van der Waals surface area contributed by atoms with E-state index in [1.54, 1.807) is 0 Å². The summed E-state index contributed by atoms with van der Waals surface area (Å²) in [5, 5.41) is 10.5. The largest absolute Gasteiger partial charge is 0.477 e. The van der Waals surface area contributed by atoms with Crippen molar-refractivity contribution < 1.29 is 23.1 Å². The molecule has 0 amide bonds. The van der Waals surface area contributed by atoms with Gasteiger partial charge in [-0.05, 0) is 42.5 Å². The van der Waals surface area contributed by atoms with Gasteiger partial charge in [-0.25, -0.2) is 18.0 Å². The van der Waals surface area contributed by atoms with Crippen LogP contribution >= 0.6 is 0 Å². The molecule has 36 heavy (non-hydrogen) atoms. The molecule has 0 aliphatic heterocycles. The molecule has 0 fully saturated rings. The predicted octanol–water partition coefficient (Wildman–Crippen LogP) is 5.03. The molecule has 184 valence electrons. The van der Waals surface area contributed by atoms with Gasteiger partial charge in [0.15, 0.2) is 11.6 Å². The van der Waals surface area contributed by atoms with Gasteiger partial charge in [0.1, 0.15) is 11.5 Å². The molecule has 3 heterocycles. The van der Waals surface area contributed by atoms with Crippen molar-refractivity contribution in [3.8, 4) is 11.1 Å². The number of aromatic carboxylic acids is 1. The van der Waals surface area contributed by atoms with Crippen LogP contribution in [0.2, 0.25) is 0 Å². The van der Waals surface area contributed by atoms with Crippen LogP contribution in [0.4, 0.5) is 13.2 Å². The first kappa shape index (κ1) is 24.5. The number of carbonyl (C=O) groups is 1. The lowest BCUT2D eigenvalue weighted by Crippen LogP contribution is -2.19. The molecule has 0 aliphatic rings. The van der Waals surface area contributed by atoms with E-state index in [1.807, 2.05) is 13.8 Å². The smallest absolute Gasteiger partial charge is 0.353 e. The van der Waals surface area contributed by atoms with Crippen LogP contribution in [0.1, 0.15) is 29.9 Å². The molecule has 3 N–H and O–H groups in total. The molecule has 3 aromatic heterocycles. The number of aromatic nitrogens is 3. The maximum absolute atomic E-state index is 14.2. The Labute approximate surface area is 201 Å². The number of carboxylic acid groups (broad SMARTS) is 1. The number of carboxylic acids is 1. The van der Waals surface area contributed by atoms with Crippen molar-refractivity contribution in [2.45, 2.75) is 20.4 Å². The maximum atomic E-state index is 14.2. The number of pyridine rings is 2. The van der Waals surface area contributed by atoms with Crippen molar-refractivity contribution >= 4 is 27.8 Å². The minimum absolute atomic E-state index is 0.0238. The molecule has 2 aromatic carbocycles. The van der Waals surface area contributed by atoms with Crippen LogP contribution in [0, 0.1) is 17.5 Å². The molecule has 0 bridgehead atoms. The van der Waals surface area contributed by atoms with Crippen molar-refractivity contribution in [1.29, 1.82) is 0 Å². The fourth-order valence-corrected chi connectivity index (χ4v) is 4.13. The molecule has 5 aromatic rings. The van der Waals surface area contributed by atoms with E-state index in [-0.39, 0.29) is 45.3 Å². The number of aromatic amines is 2. The second-order valence-corrected chi connectivity index (χ2v) is 7.67. The molecule has 0 saturated carbocycles. The number of benzene rings is 2. The summed E-state index contributed by atoms with van der Waals surface area (Å²) >= 11 is 0. The fraction of sp³-hybridized carbons (Fsp3) is 0.115. The molecule has 0 saturated heterocycles. The summed E-state index contributed by atoms with van der Waals surface area (Å²) < 4.78 is 42.7. The van der Waals surface area contributed by atoms with Crippen molar-refractivity contribution in [1.82, 2.24) is 14.5 Å². The summed E-state index contributed by atoms with van der Waals surface area (Å²) in [7, 11) is 0. The highest BCUT2D eigenvalue weighted by molar-refractivity contribution is 6.08. The SMILES string of the molecule is CC.O=C(O)c1c(-c2ccc[nH]c2=O)c2ccc(F)cc2n1Cc1cc2cc(F)c(F)cc2[nH]c1=O. The van der Waals surface area contributed by atoms with Crippen LogP contribution in [0.15, 0.2) is 64.3 Å². The molecule has 10 heteroatoms. The number of nitrogens with zero attached hydrogens (tertiary/aromatic N) is 1. The molecule has 0 aliphatic carbocycles. The van der Waals surface area contributed by atoms with E-state index < -0.39 is 34.5 Å². The first-order valence-corrected chi connectivity index (χ1v) is 11.0. The first-order chi connectivity index (χ1) is 17.2. The van der Waals surface area contributed by atoms with Crippen LogP contribution in [-0.2, 0) is 6.54 Å². The van der Waals surface area contributed by atoms with Crippen LogP contribution in [0.25, 0.3) is 32.9 Å². The Morgan fingerprint density at radius 1 is 0.972 bits per heavy atom. The monoisotopic (exact) mass is 495 g/mol. The van der Waals surface area contributed by atoms with Gasteiger partial charge >= 0.3 is 5.97 Å². The third-order valence-corrected chi connectivity index (χ3v) is 5.61. The van der Waals surface area contributed by atoms with Crippen molar-refractivity contribution in [3.63, 3.8) is 0 Å². The highest BCUT2D eigenvalue weighted by Crippen LogP contribution is 2.34. The van der Waals surface area contributed by atoms with Gasteiger partial charge in [-0.3, -0.25) is 9.59 Å². The Balaban J connectivity index is 0.00000148. The van der Waals surface area contributed by atoms with Crippen LogP contribution in [0.5, 0.6) is 0 Å². The van der Waals surface area contributed by atoms with Crippen LogP contribution in [0.3, 0.4) is 0 Å². The third-order valence-electron chi connectivity index (χ3n) is 5.61. The number of H-pyrrole nitrogens is 2. The average Bonchev–Trinajstić information content (AvgIpc) is 3.16. The standard InChI is InChI=1S/C24H14F3N3O4.C2H6/c25-13-3-4-14-19(8-13)30(21(24(33)34)20(14)15-2-1-5-28-23(15)32)10-12-6-11-7-16(26)17(27)9-18(11)29-22(12)31;1-2/h1-9H,10H2,(H,28,32)(H,29,31)(H,33,34);1-2H3. The van der Waals surface area contributed by atoms with Gasteiger partial charge in [-0.1, -0.05) is 13.8 Å². The summed E-state index contributed by atoms with van der Waals surface area (Å²) in [4.78, 5) is 42.5. The lowest BCUT2D eigenvalue weighted by Gasteiger charge is -2.10. The number of hydrogen-bond acceptors (Lipinski definition) is 3. The van der Waals surface area contributed by atoms with Gasteiger partial charge in [-0.2, -0.15) is 0 Å². The maximum Gasteiger partial charge on any atom is 0.353 e. The second-order valence-electron chi connectivity index (χ2n) is 7.67. The average molecular weight is 495 g/mol. The zero-order valence-corrected chi connectivity index (χ0v) is 19.2. The molecule has 5 rings (SSSR count). The van der Waals surface area contributed by atoms with Gasteiger partial charge < -0.3 is 19.6 Å². The molecule has 0 atom stereocenters. The molecular weight excluding hydrogens is 475 g/mol. The Morgan fingerprint density at radius 3 is 2.39 bits per heavy atom. The summed E-state index contributed by atoms with van der Waals surface area (Å²) in [5.74, 6) is -4.30. The lowest BCUT2D eigenvalue weighted by atomic mass is 10.0. The van der Waals surface area contributed by atoms with Gasteiger partial charge in [0.25, 0.3) is 11.1 Å². The van der Waals surface area contributed by atoms with Gasteiger partial charge in [0, 0.05) is 39.7 Å². The van der Waals surface area contributed by atoms with Gasteiger partial charge in [0.05, 0.1) is 17.6 Å². The van der Waals surface area contributed by atoms with E-state index in [2.05, 4.69) is 9.97 Å². The Morgan fingerprint density at radius 2 is 1.69 bits per heavy atom. The highest BCUT2D eigenvalue weighted by Gasteiger charge is 2.26. The number of rotatable bonds is 4.